The first-order valence-electron chi connectivity index (χ1n) is 10.1. The lowest BCUT2D eigenvalue weighted by Crippen LogP contribution is -2.41. The number of nitrogens with one attached hydrogen (secondary N) is 1. The van der Waals surface area contributed by atoms with Gasteiger partial charge in [0.25, 0.3) is 10.0 Å². The number of esters is 1. The predicted octanol–water partition coefficient (Wildman–Crippen LogP) is 2.06. The van der Waals surface area contributed by atoms with Crippen LogP contribution in [0.2, 0.25) is 0 Å². The number of aromatic nitrogens is 2. The zero-order valence-electron chi connectivity index (χ0n) is 17.8. The fraction of sp³-hybridized carbons (Fsp3) is 0.238. The van der Waals surface area contributed by atoms with Crippen LogP contribution in [0.5, 0.6) is 0 Å². The number of nitrogens with zero attached hydrogens (tertiary/aromatic N) is 3. The normalized spacial score (nSPS) is 16.2. The number of anilines is 1. The van der Waals surface area contributed by atoms with Crippen molar-refractivity contribution in [1.29, 1.82) is 0 Å². The van der Waals surface area contributed by atoms with Gasteiger partial charge in [-0.1, -0.05) is 22.0 Å². The number of amides is 1. The molecule has 0 spiro atoms. The molecular weight excluding hydrogens is 532 g/mol. The van der Waals surface area contributed by atoms with Crippen LogP contribution in [-0.2, 0) is 19.6 Å². The van der Waals surface area contributed by atoms with Gasteiger partial charge in [-0.3, -0.25) is 9.20 Å². The van der Waals surface area contributed by atoms with Crippen LogP contribution in [0.15, 0.2) is 52.1 Å². The molecule has 0 saturated carbocycles. The molecule has 178 valence electrons. The molecule has 1 saturated heterocycles. The number of sulfonamides is 1. The summed E-state index contributed by atoms with van der Waals surface area (Å²) in [6, 6.07) is 7.93. The van der Waals surface area contributed by atoms with Gasteiger partial charge in [0.15, 0.2) is 5.03 Å². The smallest absolute Gasteiger partial charge is 0.374 e. The number of ether oxygens (including phenoxy) is 1. The second-order valence-electron chi connectivity index (χ2n) is 7.37. The van der Waals surface area contributed by atoms with E-state index in [0.29, 0.717) is 10.2 Å². The summed E-state index contributed by atoms with van der Waals surface area (Å²) in [6.45, 7) is 1.89. The van der Waals surface area contributed by atoms with Gasteiger partial charge in [0, 0.05) is 22.9 Å². The molecule has 1 unspecified atom stereocenters. The van der Waals surface area contributed by atoms with Crippen LogP contribution in [0.25, 0.3) is 5.52 Å². The molecule has 11 nitrogen and oxygen atoms in total. The van der Waals surface area contributed by atoms with E-state index < -0.39 is 38.9 Å². The molecule has 3 heterocycles. The number of benzene rings is 1. The maximum absolute atomic E-state index is 13.2. The average molecular weight is 551 g/mol. The molecule has 1 aliphatic heterocycles. The van der Waals surface area contributed by atoms with Crippen molar-refractivity contribution in [1.82, 2.24) is 14.1 Å². The Balaban J connectivity index is 1.63. The van der Waals surface area contributed by atoms with Gasteiger partial charge in [-0.25, -0.2) is 23.0 Å². The molecule has 1 amide bonds. The van der Waals surface area contributed by atoms with Crippen molar-refractivity contribution < 1.29 is 32.6 Å². The zero-order chi connectivity index (χ0) is 24.6. The third-order valence-electron chi connectivity index (χ3n) is 5.17. The molecule has 1 aromatic carbocycles. The predicted molar refractivity (Wildman–Crippen MR) is 123 cm³/mol. The van der Waals surface area contributed by atoms with E-state index in [1.807, 2.05) is 0 Å². The Hall–Kier alpha value is -3.29. The largest absolute Gasteiger partial charge is 0.478 e. The molecule has 2 aromatic heterocycles. The number of carbonyl (C=O) groups is 3. The van der Waals surface area contributed by atoms with Gasteiger partial charge >= 0.3 is 11.9 Å². The first-order chi connectivity index (χ1) is 16.1. The van der Waals surface area contributed by atoms with E-state index in [4.69, 9.17) is 4.74 Å². The number of hydrogen-bond acceptors (Lipinski definition) is 7. The number of hydrogen-bond donors (Lipinski definition) is 2. The fourth-order valence-electron chi connectivity index (χ4n) is 3.69. The Morgan fingerprint density at radius 2 is 2.06 bits per heavy atom. The highest BCUT2D eigenvalue weighted by atomic mass is 79.9. The van der Waals surface area contributed by atoms with Crippen molar-refractivity contribution in [2.24, 2.45) is 0 Å². The number of rotatable bonds is 7. The number of imidazole rings is 1. The van der Waals surface area contributed by atoms with Crippen molar-refractivity contribution in [2.45, 2.75) is 24.4 Å². The Labute approximate surface area is 202 Å². The average Bonchev–Trinajstić information content (AvgIpc) is 3.35. The highest BCUT2D eigenvalue weighted by Crippen LogP contribution is 2.28. The Bertz CT molecular complexity index is 1420. The summed E-state index contributed by atoms with van der Waals surface area (Å²) in [7, 11) is -4.31. The van der Waals surface area contributed by atoms with Crippen LogP contribution < -0.4 is 9.62 Å². The van der Waals surface area contributed by atoms with E-state index in [1.54, 1.807) is 25.1 Å². The van der Waals surface area contributed by atoms with E-state index in [0.717, 1.165) is 0 Å². The van der Waals surface area contributed by atoms with E-state index >= 15 is 0 Å². The molecule has 0 bridgehead atoms. The van der Waals surface area contributed by atoms with Crippen molar-refractivity contribution in [3.05, 3.63) is 58.5 Å². The SMILES string of the molecule is CCOC(=O)c1nc(S(=O)(=O)NC2CCN(c3cc(Br)cc(C(=O)O)c3)C2=O)c2ccccn12. The Kier molecular flexibility index (Phi) is 6.43. The summed E-state index contributed by atoms with van der Waals surface area (Å²) in [6.07, 6.45) is 1.65. The van der Waals surface area contributed by atoms with E-state index in [-0.39, 0.29) is 36.5 Å². The lowest BCUT2D eigenvalue weighted by Gasteiger charge is -2.18. The number of carbonyl (C=O) groups excluding carboxylic acids is 2. The number of carboxylic acid groups (broad SMARTS) is 1. The minimum atomic E-state index is -4.31. The summed E-state index contributed by atoms with van der Waals surface area (Å²) in [5.74, 6) is -2.67. The van der Waals surface area contributed by atoms with E-state index in [2.05, 4.69) is 25.6 Å². The summed E-state index contributed by atoms with van der Waals surface area (Å²) < 4.78 is 35.5. The molecule has 4 rings (SSSR count). The highest BCUT2D eigenvalue weighted by molar-refractivity contribution is 9.10. The number of fused-ring (bicyclic) bond motifs is 1. The summed E-state index contributed by atoms with van der Waals surface area (Å²) in [4.78, 5) is 42.0. The fourth-order valence-corrected chi connectivity index (χ4v) is 5.52. The van der Waals surface area contributed by atoms with Gasteiger partial charge in [-0.15, -0.1) is 0 Å². The number of carboxylic acids is 1. The second kappa shape index (κ2) is 9.16. The topological polar surface area (TPSA) is 147 Å². The van der Waals surface area contributed by atoms with Crippen LogP contribution >= 0.6 is 15.9 Å². The van der Waals surface area contributed by atoms with Crippen molar-refractivity contribution >= 4 is 55.0 Å². The Morgan fingerprint density at radius 3 is 2.76 bits per heavy atom. The molecule has 13 heteroatoms. The lowest BCUT2D eigenvalue weighted by molar-refractivity contribution is -0.118. The highest BCUT2D eigenvalue weighted by Gasteiger charge is 2.37. The maximum Gasteiger partial charge on any atom is 0.374 e. The lowest BCUT2D eigenvalue weighted by atomic mass is 10.2. The quantitative estimate of drug-likeness (QED) is 0.424. The number of aromatic carboxylic acids is 1. The zero-order valence-corrected chi connectivity index (χ0v) is 20.2. The molecule has 1 atom stereocenters. The molecule has 2 N–H and O–H groups in total. The van der Waals surface area contributed by atoms with Gasteiger partial charge in [0.05, 0.1) is 17.7 Å². The molecular formula is C21H19BrN4O7S. The van der Waals surface area contributed by atoms with Gasteiger partial charge in [-0.2, -0.15) is 4.72 Å². The maximum atomic E-state index is 13.2. The Morgan fingerprint density at radius 1 is 1.29 bits per heavy atom. The number of halogens is 1. The van der Waals surface area contributed by atoms with Crippen LogP contribution in [0.4, 0.5) is 5.69 Å². The molecule has 0 aliphatic carbocycles. The van der Waals surface area contributed by atoms with Gasteiger partial charge < -0.3 is 14.7 Å². The van der Waals surface area contributed by atoms with Crippen LogP contribution in [0.3, 0.4) is 0 Å². The first-order valence-corrected chi connectivity index (χ1v) is 12.4. The summed E-state index contributed by atoms with van der Waals surface area (Å²) in [5, 5.41) is 8.87. The van der Waals surface area contributed by atoms with Gasteiger partial charge in [0.1, 0.15) is 6.04 Å². The summed E-state index contributed by atoms with van der Waals surface area (Å²) in [5.41, 5.74) is 0.464. The third kappa shape index (κ3) is 4.41. The summed E-state index contributed by atoms with van der Waals surface area (Å²) >= 11 is 3.23. The van der Waals surface area contributed by atoms with Gasteiger partial charge in [0.2, 0.25) is 11.7 Å². The molecule has 1 aliphatic rings. The van der Waals surface area contributed by atoms with E-state index in [1.165, 1.54) is 33.7 Å². The van der Waals surface area contributed by atoms with Crippen molar-refractivity contribution in [3.8, 4) is 0 Å². The first kappa shape index (κ1) is 23.9. The van der Waals surface area contributed by atoms with Crippen molar-refractivity contribution in [3.63, 3.8) is 0 Å². The minimum absolute atomic E-state index is 0.0165. The standard InChI is InChI=1S/C21H19BrN4O7S/c1-2-33-21(30)17-23-18(16-5-3-4-7-26(16)17)34(31,32)24-15-6-8-25(19(15)27)14-10-12(20(28)29)9-13(22)11-14/h3-5,7,9-11,15,24H,2,6,8H2,1H3,(H,28,29). The monoisotopic (exact) mass is 550 g/mol. The van der Waals surface area contributed by atoms with Crippen LogP contribution in [0.1, 0.15) is 34.3 Å². The second-order valence-corrected chi connectivity index (χ2v) is 9.92. The van der Waals surface area contributed by atoms with Gasteiger partial charge in [-0.05, 0) is 43.7 Å². The molecule has 34 heavy (non-hydrogen) atoms. The van der Waals surface area contributed by atoms with Crippen molar-refractivity contribution in [2.75, 3.05) is 18.1 Å². The van der Waals surface area contributed by atoms with Crippen LogP contribution in [-0.4, -0.2) is 59.9 Å². The minimum Gasteiger partial charge on any atom is -0.478 e. The molecule has 0 radical (unpaired) electrons. The third-order valence-corrected chi connectivity index (χ3v) is 7.03. The molecule has 3 aromatic rings. The number of pyridine rings is 1. The molecule has 1 fully saturated rings. The van der Waals surface area contributed by atoms with Crippen LogP contribution in [0, 0.1) is 0 Å². The van der Waals surface area contributed by atoms with E-state index in [9.17, 15) is 27.9 Å².